The second-order valence-corrected chi connectivity index (χ2v) is 8.15. The maximum Gasteiger partial charge on any atom is 0.270 e. The summed E-state index contributed by atoms with van der Waals surface area (Å²) >= 11 is 0. The van der Waals surface area contributed by atoms with Gasteiger partial charge in [-0.1, -0.05) is 12.1 Å². The molecule has 0 radical (unpaired) electrons. The summed E-state index contributed by atoms with van der Waals surface area (Å²) in [5.74, 6) is -0.254. The summed E-state index contributed by atoms with van der Waals surface area (Å²) in [5.41, 5.74) is 1.38. The Bertz CT molecular complexity index is 1090. The second kappa shape index (κ2) is 5.95. The minimum Gasteiger partial charge on any atom is -0.345 e. The minimum atomic E-state index is -1.06. The van der Waals surface area contributed by atoms with Crippen LogP contribution in [0.2, 0.25) is 0 Å². The number of halogens is 1. The van der Waals surface area contributed by atoms with Gasteiger partial charge in [-0.15, -0.1) is 0 Å². The van der Waals surface area contributed by atoms with Crippen molar-refractivity contribution in [2.24, 2.45) is 0 Å². The molecule has 2 aromatic heterocycles. The number of benzene rings is 1. The van der Waals surface area contributed by atoms with Gasteiger partial charge < -0.3 is 5.32 Å². The molecule has 1 aromatic carbocycles. The fourth-order valence-corrected chi connectivity index (χ4v) is 4.42. The van der Waals surface area contributed by atoms with Gasteiger partial charge >= 0.3 is 0 Å². The first-order valence-corrected chi connectivity index (χ1v) is 9.32. The van der Waals surface area contributed by atoms with Crippen LogP contribution in [0.5, 0.6) is 0 Å². The molecule has 3 aromatic rings. The Morgan fingerprint density at radius 3 is 2.61 bits per heavy atom. The molecule has 1 amide bonds. The van der Waals surface area contributed by atoms with E-state index in [0.717, 1.165) is 22.0 Å². The average molecular weight is 378 g/mol. The van der Waals surface area contributed by atoms with Crippen LogP contribution in [0, 0.1) is 0 Å². The smallest absolute Gasteiger partial charge is 0.270 e. The standard InChI is InChI=1S/C21H19FN4O2/c22-20-10-21(11-20,12-20)25-19(28)18-8-14(3-4-23-18)6-16(27)5-13-1-2-15-9-24-26-17(15)7-13/h1-4,7-9H,5-6,10-12H2,(H,24,26)(H,25,28). The van der Waals surface area contributed by atoms with Gasteiger partial charge in [-0.05, 0) is 29.3 Å². The third-order valence-corrected chi connectivity index (χ3v) is 5.71. The van der Waals surface area contributed by atoms with Crippen LogP contribution >= 0.6 is 0 Å². The highest BCUT2D eigenvalue weighted by Crippen LogP contribution is 2.62. The lowest BCUT2D eigenvalue weighted by Crippen LogP contribution is -2.76. The molecular formula is C21H19FN4O2. The van der Waals surface area contributed by atoms with Crippen molar-refractivity contribution < 1.29 is 14.0 Å². The fourth-order valence-electron chi connectivity index (χ4n) is 4.42. The lowest BCUT2D eigenvalue weighted by atomic mass is 9.47. The molecule has 6 nitrogen and oxygen atoms in total. The molecule has 2 N–H and O–H groups in total. The molecule has 3 aliphatic rings. The van der Waals surface area contributed by atoms with Crippen LogP contribution in [-0.2, 0) is 17.6 Å². The second-order valence-electron chi connectivity index (χ2n) is 8.15. The third kappa shape index (κ3) is 2.96. The summed E-state index contributed by atoms with van der Waals surface area (Å²) in [6.45, 7) is 0. The molecule has 2 bridgehead atoms. The zero-order valence-electron chi connectivity index (χ0n) is 15.2. The number of fused-ring (bicyclic) bond motifs is 1. The molecule has 2 heterocycles. The van der Waals surface area contributed by atoms with E-state index < -0.39 is 5.67 Å². The molecule has 3 fully saturated rings. The van der Waals surface area contributed by atoms with Crippen LogP contribution < -0.4 is 5.32 Å². The Kier molecular flexibility index (Phi) is 3.62. The van der Waals surface area contributed by atoms with Crippen LogP contribution in [0.15, 0.2) is 42.7 Å². The predicted octanol–water partition coefficient (Wildman–Crippen LogP) is 2.69. The number of alkyl halides is 1. The number of aromatic amines is 1. The van der Waals surface area contributed by atoms with E-state index in [1.54, 1.807) is 18.3 Å². The number of Topliss-reactive ketones (excluding diaryl/α,β-unsaturated/α-hetero) is 1. The number of aromatic nitrogens is 3. The molecule has 3 saturated carbocycles. The molecule has 0 aliphatic heterocycles. The summed E-state index contributed by atoms with van der Waals surface area (Å²) in [5, 5.41) is 10.8. The highest BCUT2D eigenvalue weighted by atomic mass is 19.1. The van der Waals surface area contributed by atoms with Crippen molar-refractivity contribution in [2.45, 2.75) is 43.3 Å². The van der Waals surface area contributed by atoms with Crippen molar-refractivity contribution >= 4 is 22.6 Å². The first-order valence-electron chi connectivity index (χ1n) is 9.32. The third-order valence-electron chi connectivity index (χ3n) is 5.71. The number of carbonyl (C=O) groups is 2. The fraction of sp³-hybridized carbons (Fsp3) is 0.333. The van der Waals surface area contributed by atoms with E-state index in [-0.39, 0.29) is 29.3 Å². The van der Waals surface area contributed by atoms with Crippen LogP contribution in [-0.4, -0.2) is 38.1 Å². The van der Waals surface area contributed by atoms with Crippen LogP contribution in [0.4, 0.5) is 4.39 Å². The van der Waals surface area contributed by atoms with E-state index in [1.165, 1.54) is 6.20 Å². The number of hydrogen-bond acceptors (Lipinski definition) is 4. The highest BCUT2D eigenvalue weighted by Gasteiger charge is 2.69. The molecule has 7 heteroatoms. The van der Waals surface area contributed by atoms with Crippen molar-refractivity contribution in [3.8, 4) is 0 Å². The van der Waals surface area contributed by atoms with Gasteiger partial charge in [0.25, 0.3) is 5.91 Å². The number of carbonyl (C=O) groups excluding carboxylic acids is 2. The Morgan fingerprint density at radius 1 is 1.11 bits per heavy atom. The van der Waals surface area contributed by atoms with E-state index in [9.17, 15) is 14.0 Å². The van der Waals surface area contributed by atoms with E-state index in [4.69, 9.17) is 0 Å². The lowest BCUT2D eigenvalue weighted by molar-refractivity contribution is -0.162. The summed E-state index contributed by atoms with van der Waals surface area (Å²) < 4.78 is 13.6. The van der Waals surface area contributed by atoms with Crippen molar-refractivity contribution in [3.63, 3.8) is 0 Å². The molecule has 0 saturated heterocycles. The van der Waals surface area contributed by atoms with Gasteiger partial charge in [0.15, 0.2) is 0 Å². The number of rotatable bonds is 6. The maximum absolute atomic E-state index is 13.6. The average Bonchev–Trinajstić information content (AvgIpc) is 3.07. The van der Waals surface area contributed by atoms with E-state index in [2.05, 4.69) is 20.5 Å². The SMILES string of the molecule is O=C(Cc1ccnc(C(=O)NC23CC(F)(C2)C3)c1)Cc1ccc2cn[nH]c2c1. The van der Waals surface area contributed by atoms with Crippen molar-refractivity contribution in [2.75, 3.05) is 0 Å². The predicted molar refractivity (Wildman–Crippen MR) is 101 cm³/mol. The molecular weight excluding hydrogens is 359 g/mol. The van der Waals surface area contributed by atoms with Gasteiger partial charge in [0.1, 0.15) is 17.1 Å². The topological polar surface area (TPSA) is 87.7 Å². The van der Waals surface area contributed by atoms with Crippen LogP contribution in [0.1, 0.15) is 40.9 Å². The Morgan fingerprint density at radius 2 is 1.86 bits per heavy atom. The minimum absolute atomic E-state index is 0.0511. The van der Waals surface area contributed by atoms with Gasteiger partial charge in [0, 0.05) is 49.2 Å². The summed E-state index contributed by atoms with van der Waals surface area (Å²) in [4.78, 5) is 29.0. The summed E-state index contributed by atoms with van der Waals surface area (Å²) in [6.07, 6.45) is 4.99. The van der Waals surface area contributed by atoms with E-state index >= 15 is 0 Å². The summed E-state index contributed by atoms with van der Waals surface area (Å²) in [7, 11) is 0. The Labute approximate surface area is 160 Å². The molecule has 142 valence electrons. The van der Waals surface area contributed by atoms with Gasteiger partial charge in [-0.3, -0.25) is 19.7 Å². The largest absolute Gasteiger partial charge is 0.345 e. The number of nitrogens with zero attached hydrogens (tertiary/aromatic N) is 2. The van der Waals surface area contributed by atoms with Crippen LogP contribution in [0.3, 0.4) is 0 Å². The highest BCUT2D eigenvalue weighted by molar-refractivity contribution is 5.94. The summed E-state index contributed by atoms with van der Waals surface area (Å²) in [6, 6.07) is 9.16. The number of pyridine rings is 1. The van der Waals surface area contributed by atoms with E-state index in [0.29, 0.717) is 25.7 Å². The normalized spacial score (nSPS) is 25.0. The Hall–Kier alpha value is -3.09. The van der Waals surface area contributed by atoms with Gasteiger partial charge in [-0.2, -0.15) is 5.10 Å². The van der Waals surface area contributed by atoms with Crippen molar-refractivity contribution in [1.29, 1.82) is 0 Å². The van der Waals surface area contributed by atoms with Gasteiger partial charge in [0.05, 0.1) is 11.7 Å². The molecule has 0 unspecified atom stereocenters. The van der Waals surface area contributed by atoms with Gasteiger partial charge in [0.2, 0.25) is 0 Å². The van der Waals surface area contributed by atoms with Crippen molar-refractivity contribution in [1.82, 2.24) is 20.5 Å². The molecule has 0 spiro atoms. The van der Waals surface area contributed by atoms with Crippen LogP contribution in [0.25, 0.3) is 10.9 Å². The lowest BCUT2D eigenvalue weighted by Gasteiger charge is -2.65. The van der Waals surface area contributed by atoms with Crippen molar-refractivity contribution in [3.05, 3.63) is 59.5 Å². The molecule has 3 aliphatic carbocycles. The molecule has 28 heavy (non-hydrogen) atoms. The number of nitrogens with one attached hydrogen (secondary N) is 2. The zero-order valence-corrected chi connectivity index (χ0v) is 15.2. The van der Waals surface area contributed by atoms with E-state index in [1.807, 2.05) is 18.2 Å². The number of amides is 1. The Balaban J connectivity index is 1.23. The monoisotopic (exact) mass is 378 g/mol. The first kappa shape index (κ1) is 17.0. The number of H-pyrrole nitrogens is 1. The number of hydrogen-bond donors (Lipinski definition) is 2. The molecule has 0 atom stereocenters. The maximum atomic E-state index is 13.6. The zero-order chi connectivity index (χ0) is 19.4. The first-order chi connectivity index (χ1) is 13.4. The van der Waals surface area contributed by atoms with Gasteiger partial charge in [-0.25, -0.2) is 4.39 Å². The quantitative estimate of drug-likeness (QED) is 0.690. The molecule has 6 rings (SSSR count). The number of ketones is 1.